The molecule has 0 aliphatic heterocycles. The van der Waals surface area contributed by atoms with Crippen molar-refractivity contribution in [2.24, 2.45) is 0 Å². The summed E-state index contributed by atoms with van der Waals surface area (Å²) in [5.74, 6) is -0.349. The molecule has 0 spiro atoms. The van der Waals surface area contributed by atoms with Crippen molar-refractivity contribution in [2.45, 2.75) is 12.8 Å². The molecule has 7 heteroatoms. The van der Waals surface area contributed by atoms with Gasteiger partial charge in [0.05, 0.1) is 5.56 Å². The van der Waals surface area contributed by atoms with Gasteiger partial charge in [0.1, 0.15) is 0 Å². The maximum atomic E-state index is 12.3. The first-order valence-electron chi connectivity index (χ1n) is 9.32. The molecule has 0 atom stereocenters. The van der Waals surface area contributed by atoms with Crippen molar-refractivity contribution >= 4 is 56.4 Å². The van der Waals surface area contributed by atoms with Crippen LogP contribution in [0.25, 0.3) is 0 Å². The zero-order valence-corrected chi connectivity index (χ0v) is 18.4. The molecule has 152 valence electrons. The van der Waals surface area contributed by atoms with Crippen LogP contribution in [-0.4, -0.2) is 16.9 Å². The molecule has 0 unspecified atom stereocenters. The Bertz CT molecular complexity index is 1040. The molecule has 0 aliphatic carbocycles. The van der Waals surface area contributed by atoms with Crippen LogP contribution in [0.4, 0.5) is 11.4 Å². The Labute approximate surface area is 189 Å². The predicted molar refractivity (Wildman–Crippen MR) is 128 cm³/mol. The predicted octanol–water partition coefficient (Wildman–Crippen LogP) is 5.15. The van der Waals surface area contributed by atoms with E-state index in [1.807, 2.05) is 36.4 Å². The molecule has 30 heavy (non-hydrogen) atoms. The molecule has 0 aliphatic rings. The Morgan fingerprint density at radius 1 is 0.800 bits per heavy atom. The number of hydrogen-bond acceptors (Lipinski definition) is 3. The molecule has 3 rings (SSSR count). The van der Waals surface area contributed by atoms with Gasteiger partial charge in [-0.2, -0.15) is 0 Å². The lowest BCUT2D eigenvalue weighted by Gasteiger charge is -2.11. The standard InChI is InChI=1S/C23H20BrN3O2S/c24-20-9-5-4-8-19(20)22(29)27-23(30)26-18-13-11-17(12-14-18)25-21(28)15-10-16-6-2-1-3-7-16/h1-9,11-14H,10,15H2,(H,25,28)(H2,26,27,29,30). The molecule has 0 bridgehead atoms. The Morgan fingerprint density at radius 2 is 1.40 bits per heavy atom. The van der Waals surface area contributed by atoms with Gasteiger partial charge in [0.25, 0.3) is 5.91 Å². The quantitative estimate of drug-likeness (QED) is 0.426. The molecule has 2 amide bonds. The van der Waals surface area contributed by atoms with Gasteiger partial charge in [0.2, 0.25) is 5.91 Å². The van der Waals surface area contributed by atoms with Gasteiger partial charge >= 0.3 is 0 Å². The fourth-order valence-electron chi connectivity index (χ4n) is 2.74. The third kappa shape index (κ3) is 6.50. The first-order valence-corrected chi connectivity index (χ1v) is 10.5. The van der Waals surface area contributed by atoms with Crippen molar-refractivity contribution in [2.75, 3.05) is 10.6 Å². The number of anilines is 2. The van der Waals surface area contributed by atoms with Crippen LogP contribution in [0.2, 0.25) is 0 Å². The number of amides is 2. The Hall–Kier alpha value is -3.03. The van der Waals surface area contributed by atoms with Gasteiger partial charge in [-0.25, -0.2) is 0 Å². The minimum absolute atomic E-state index is 0.0456. The van der Waals surface area contributed by atoms with E-state index in [0.29, 0.717) is 34.3 Å². The van der Waals surface area contributed by atoms with Crippen molar-refractivity contribution < 1.29 is 9.59 Å². The average Bonchev–Trinajstić information content (AvgIpc) is 2.74. The molecule has 3 aromatic carbocycles. The van der Waals surface area contributed by atoms with E-state index in [1.165, 1.54) is 0 Å². The average molecular weight is 482 g/mol. The highest BCUT2D eigenvalue weighted by atomic mass is 79.9. The van der Waals surface area contributed by atoms with Gasteiger partial charge in [0, 0.05) is 22.3 Å². The second-order valence-corrected chi connectivity index (χ2v) is 7.76. The lowest BCUT2D eigenvalue weighted by atomic mass is 10.1. The van der Waals surface area contributed by atoms with Crippen LogP contribution in [-0.2, 0) is 11.2 Å². The van der Waals surface area contributed by atoms with E-state index in [9.17, 15) is 9.59 Å². The monoisotopic (exact) mass is 481 g/mol. The zero-order valence-electron chi connectivity index (χ0n) is 16.0. The van der Waals surface area contributed by atoms with Crippen LogP contribution >= 0.6 is 28.1 Å². The van der Waals surface area contributed by atoms with E-state index in [2.05, 4.69) is 31.9 Å². The van der Waals surface area contributed by atoms with Gasteiger partial charge in [-0.15, -0.1) is 0 Å². The zero-order chi connectivity index (χ0) is 21.3. The minimum Gasteiger partial charge on any atom is -0.332 e. The van der Waals surface area contributed by atoms with Crippen molar-refractivity contribution in [3.63, 3.8) is 0 Å². The number of nitrogens with one attached hydrogen (secondary N) is 3. The fourth-order valence-corrected chi connectivity index (χ4v) is 3.42. The normalized spacial score (nSPS) is 10.2. The molecule has 0 fully saturated rings. The number of thiocarbonyl (C=S) groups is 1. The topological polar surface area (TPSA) is 70.2 Å². The molecular formula is C23H20BrN3O2S. The molecule has 5 nitrogen and oxygen atoms in total. The summed E-state index contributed by atoms with van der Waals surface area (Å²) in [6, 6.07) is 24.1. The molecule has 0 aromatic heterocycles. The molecule has 0 saturated carbocycles. The summed E-state index contributed by atoms with van der Waals surface area (Å²) in [4.78, 5) is 24.4. The van der Waals surface area contributed by atoms with E-state index in [1.54, 1.807) is 42.5 Å². The van der Waals surface area contributed by atoms with Crippen molar-refractivity contribution in [1.82, 2.24) is 5.32 Å². The summed E-state index contributed by atoms with van der Waals surface area (Å²) < 4.78 is 0.692. The Balaban J connectivity index is 1.48. The van der Waals surface area contributed by atoms with Gasteiger partial charge in [-0.1, -0.05) is 42.5 Å². The smallest absolute Gasteiger partial charge is 0.258 e. The maximum Gasteiger partial charge on any atom is 0.258 e. The molecular weight excluding hydrogens is 462 g/mol. The highest BCUT2D eigenvalue weighted by molar-refractivity contribution is 9.10. The Morgan fingerprint density at radius 3 is 2.07 bits per heavy atom. The van der Waals surface area contributed by atoms with Crippen molar-refractivity contribution in [3.8, 4) is 0 Å². The third-order valence-corrected chi connectivity index (χ3v) is 5.15. The summed E-state index contributed by atoms with van der Waals surface area (Å²) in [5.41, 5.74) is 3.02. The van der Waals surface area contributed by atoms with Crippen LogP contribution in [0.3, 0.4) is 0 Å². The molecule has 3 N–H and O–H groups in total. The number of benzene rings is 3. The van der Waals surface area contributed by atoms with Crippen LogP contribution < -0.4 is 16.0 Å². The summed E-state index contributed by atoms with van der Waals surface area (Å²) in [5, 5.41) is 8.68. The Kier molecular flexibility index (Phi) is 7.70. The van der Waals surface area contributed by atoms with E-state index >= 15 is 0 Å². The van der Waals surface area contributed by atoms with E-state index in [0.717, 1.165) is 5.56 Å². The highest BCUT2D eigenvalue weighted by Crippen LogP contribution is 2.16. The summed E-state index contributed by atoms with van der Waals surface area (Å²) in [7, 11) is 0. The minimum atomic E-state index is -0.303. The molecule has 0 radical (unpaired) electrons. The fraction of sp³-hybridized carbons (Fsp3) is 0.0870. The second-order valence-electron chi connectivity index (χ2n) is 6.50. The van der Waals surface area contributed by atoms with Gasteiger partial charge in [-0.05, 0) is 76.5 Å². The summed E-state index contributed by atoms with van der Waals surface area (Å²) >= 11 is 8.56. The van der Waals surface area contributed by atoms with Crippen molar-refractivity contribution in [3.05, 3.63) is 94.5 Å². The highest BCUT2D eigenvalue weighted by Gasteiger charge is 2.11. The third-order valence-electron chi connectivity index (χ3n) is 4.26. The van der Waals surface area contributed by atoms with Crippen LogP contribution in [0, 0.1) is 0 Å². The van der Waals surface area contributed by atoms with Crippen molar-refractivity contribution in [1.29, 1.82) is 0 Å². The lowest BCUT2D eigenvalue weighted by Crippen LogP contribution is -2.34. The lowest BCUT2D eigenvalue weighted by molar-refractivity contribution is -0.116. The number of carbonyl (C=O) groups is 2. The number of rotatable bonds is 6. The molecule has 3 aromatic rings. The largest absolute Gasteiger partial charge is 0.332 e. The summed E-state index contributed by atoms with van der Waals surface area (Å²) in [6.07, 6.45) is 1.10. The van der Waals surface area contributed by atoms with Gasteiger partial charge in [0.15, 0.2) is 5.11 Å². The first-order chi connectivity index (χ1) is 14.5. The van der Waals surface area contributed by atoms with Crippen LogP contribution in [0.5, 0.6) is 0 Å². The molecule has 0 heterocycles. The summed E-state index contributed by atoms with van der Waals surface area (Å²) in [6.45, 7) is 0. The first kappa shape index (κ1) is 21.7. The van der Waals surface area contributed by atoms with E-state index < -0.39 is 0 Å². The van der Waals surface area contributed by atoms with Crippen LogP contribution in [0.1, 0.15) is 22.3 Å². The SMILES string of the molecule is O=C(CCc1ccccc1)Nc1ccc(NC(=S)NC(=O)c2ccccc2Br)cc1. The number of halogens is 1. The number of aryl methyl sites for hydroxylation is 1. The van der Waals surface area contributed by atoms with Gasteiger partial charge in [-0.3, -0.25) is 14.9 Å². The number of hydrogen-bond donors (Lipinski definition) is 3. The van der Waals surface area contributed by atoms with Gasteiger partial charge < -0.3 is 10.6 Å². The van der Waals surface area contributed by atoms with Crippen LogP contribution in [0.15, 0.2) is 83.3 Å². The van der Waals surface area contributed by atoms with E-state index in [-0.39, 0.29) is 16.9 Å². The van der Waals surface area contributed by atoms with E-state index in [4.69, 9.17) is 12.2 Å². The molecule has 0 saturated heterocycles. The second kappa shape index (κ2) is 10.7. The number of carbonyl (C=O) groups excluding carboxylic acids is 2. The maximum absolute atomic E-state index is 12.3.